The summed E-state index contributed by atoms with van der Waals surface area (Å²) in [5.41, 5.74) is 7.86. The second-order valence-electron chi connectivity index (χ2n) is 7.02. The van der Waals surface area contributed by atoms with Gasteiger partial charge >= 0.3 is 0 Å². The third-order valence-corrected chi connectivity index (χ3v) is 5.28. The van der Waals surface area contributed by atoms with Gasteiger partial charge in [0.05, 0.1) is 12.6 Å². The van der Waals surface area contributed by atoms with Crippen LogP contribution in [0.5, 0.6) is 5.88 Å². The van der Waals surface area contributed by atoms with E-state index in [9.17, 15) is 4.79 Å². The van der Waals surface area contributed by atoms with Crippen LogP contribution in [-0.4, -0.2) is 45.2 Å². The van der Waals surface area contributed by atoms with Gasteiger partial charge in [-0.1, -0.05) is 6.07 Å². The number of nitrogens with one attached hydrogen (secondary N) is 1. The molecule has 9 nitrogen and oxygen atoms in total. The Kier molecular flexibility index (Phi) is 4.00. The van der Waals surface area contributed by atoms with Crippen LogP contribution in [0.3, 0.4) is 0 Å². The van der Waals surface area contributed by atoms with E-state index in [1.54, 1.807) is 16.9 Å². The largest absolute Gasteiger partial charge is 0.477 e. The van der Waals surface area contributed by atoms with Gasteiger partial charge in [0.25, 0.3) is 5.91 Å². The molecule has 2 aliphatic heterocycles. The fraction of sp³-hybridized carbons (Fsp3) is 0.368. The zero-order valence-corrected chi connectivity index (χ0v) is 15.3. The molecule has 1 atom stereocenters. The first kappa shape index (κ1) is 16.8. The lowest BCUT2D eigenvalue weighted by Gasteiger charge is -2.27. The minimum Gasteiger partial charge on any atom is -0.477 e. The van der Waals surface area contributed by atoms with Crippen LogP contribution < -0.4 is 20.7 Å². The number of hydrogen-bond donors (Lipinski definition) is 2. The zero-order chi connectivity index (χ0) is 19.1. The third-order valence-electron chi connectivity index (χ3n) is 5.28. The molecule has 1 amide bonds. The first-order valence-electron chi connectivity index (χ1n) is 9.50. The number of pyridine rings is 1. The maximum atomic E-state index is 12.7. The number of aromatic nitrogens is 4. The summed E-state index contributed by atoms with van der Waals surface area (Å²) in [7, 11) is 0. The highest BCUT2D eigenvalue weighted by Crippen LogP contribution is 2.38. The summed E-state index contributed by atoms with van der Waals surface area (Å²) >= 11 is 0. The third kappa shape index (κ3) is 2.70. The molecule has 28 heavy (non-hydrogen) atoms. The van der Waals surface area contributed by atoms with E-state index >= 15 is 0 Å². The van der Waals surface area contributed by atoms with Crippen molar-refractivity contribution >= 4 is 23.2 Å². The Morgan fingerprint density at radius 3 is 3.14 bits per heavy atom. The molecule has 1 fully saturated rings. The van der Waals surface area contributed by atoms with Crippen molar-refractivity contribution in [2.24, 2.45) is 0 Å². The number of hydrogen-bond acceptors (Lipinski definition) is 7. The predicted molar refractivity (Wildman–Crippen MR) is 103 cm³/mol. The average Bonchev–Trinajstić information content (AvgIpc) is 3.30. The molecule has 3 aromatic heterocycles. The molecule has 0 radical (unpaired) electrons. The van der Waals surface area contributed by atoms with Gasteiger partial charge in [-0.05, 0) is 31.4 Å². The highest BCUT2D eigenvalue weighted by Gasteiger charge is 2.31. The fourth-order valence-corrected chi connectivity index (χ4v) is 3.99. The van der Waals surface area contributed by atoms with Crippen molar-refractivity contribution in [1.29, 1.82) is 0 Å². The number of nitrogens with two attached hydrogens (primary N) is 1. The van der Waals surface area contributed by atoms with E-state index in [2.05, 4.69) is 26.4 Å². The van der Waals surface area contributed by atoms with Crippen LogP contribution in [0.1, 0.15) is 41.2 Å². The summed E-state index contributed by atoms with van der Waals surface area (Å²) in [5.74, 6) is 1.35. The standard InChI is InChI=1S/C19H21N7O2/c20-16-15-17-23-14(6-10-26(17)24-16)25-9-2-5-13(25)12-4-1-7-22-19(12)28-11-3-8-21-18(15)27/h1,4,6-7,10,13H,2-3,5,8-9,11H2,(H2,20,24)(H,21,27). The smallest absolute Gasteiger partial charge is 0.258 e. The Hall–Kier alpha value is -3.36. The van der Waals surface area contributed by atoms with Gasteiger partial charge in [0.15, 0.2) is 11.5 Å². The van der Waals surface area contributed by atoms with Crippen LogP contribution in [0.15, 0.2) is 30.6 Å². The van der Waals surface area contributed by atoms with Crippen molar-refractivity contribution in [3.8, 4) is 5.88 Å². The van der Waals surface area contributed by atoms with Gasteiger partial charge in [0.1, 0.15) is 11.4 Å². The number of anilines is 2. The van der Waals surface area contributed by atoms with Crippen molar-refractivity contribution in [3.63, 3.8) is 0 Å². The number of rotatable bonds is 0. The van der Waals surface area contributed by atoms with E-state index in [0.717, 1.165) is 30.8 Å². The molecule has 5 rings (SSSR count). The molecule has 0 aliphatic carbocycles. The van der Waals surface area contributed by atoms with E-state index in [4.69, 9.17) is 15.5 Å². The molecule has 2 bridgehead atoms. The lowest BCUT2D eigenvalue weighted by atomic mass is 10.1. The van der Waals surface area contributed by atoms with Crippen LogP contribution in [0, 0.1) is 0 Å². The molecule has 5 heterocycles. The number of nitrogen functional groups attached to an aromatic ring is 1. The van der Waals surface area contributed by atoms with Crippen molar-refractivity contribution in [2.45, 2.75) is 25.3 Å². The first-order valence-corrected chi connectivity index (χ1v) is 9.50. The van der Waals surface area contributed by atoms with E-state index in [1.165, 1.54) is 0 Å². The number of fused-ring (bicyclic) bond motifs is 5. The van der Waals surface area contributed by atoms with Crippen molar-refractivity contribution in [2.75, 3.05) is 30.3 Å². The van der Waals surface area contributed by atoms with Crippen molar-refractivity contribution in [3.05, 3.63) is 41.7 Å². The summed E-state index contributed by atoms with van der Waals surface area (Å²) in [6, 6.07) is 6.04. The lowest BCUT2D eigenvalue weighted by molar-refractivity contribution is 0.0953. The second kappa shape index (κ2) is 6.66. The summed E-state index contributed by atoms with van der Waals surface area (Å²) in [6.45, 7) is 1.81. The van der Waals surface area contributed by atoms with Crippen LogP contribution in [-0.2, 0) is 0 Å². The molecular weight excluding hydrogens is 358 g/mol. The molecule has 0 aromatic carbocycles. The van der Waals surface area contributed by atoms with E-state index in [-0.39, 0.29) is 17.8 Å². The number of nitrogens with zero attached hydrogens (tertiary/aromatic N) is 5. The maximum Gasteiger partial charge on any atom is 0.258 e. The Bertz CT molecular complexity index is 1050. The highest BCUT2D eigenvalue weighted by molar-refractivity contribution is 6.04. The van der Waals surface area contributed by atoms with Crippen LogP contribution >= 0.6 is 0 Å². The molecular formula is C19H21N7O2. The monoisotopic (exact) mass is 379 g/mol. The normalized spacial score (nSPS) is 19.6. The Morgan fingerprint density at radius 2 is 2.21 bits per heavy atom. The number of carbonyl (C=O) groups is 1. The molecule has 1 saturated heterocycles. The predicted octanol–water partition coefficient (Wildman–Crippen LogP) is 1.56. The Morgan fingerprint density at radius 1 is 1.29 bits per heavy atom. The maximum absolute atomic E-state index is 12.7. The molecule has 2 aliphatic rings. The van der Waals surface area contributed by atoms with Crippen LogP contribution in [0.25, 0.3) is 5.65 Å². The summed E-state index contributed by atoms with van der Waals surface area (Å²) in [5, 5.41) is 7.11. The SMILES string of the molecule is Nc1nn2ccc3nc2c1C(=O)NCCCOc1ncccc1C1CCCN31. The lowest BCUT2D eigenvalue weighted by Crippen LogP contribution is -2.28. The number of ether oxygens (including phenoxy) is 1. The summed E-state index contributed by atoms with van der Waals surface area (Å²) < 4.78 is 7.51. The van der Waals surface area contributed by atoms with E-state index in [1.807, 2.05) is 12.1 Å². The zero-order valence-electron chi connectivity index (χ0n) is 15.3. The quantitative estimate of drug-likeness (QED) is 0.610. The number of carbonyl (C=O) groups excluding carboxylic acids is 1. The second-order valence-corrected chi connectivity index (χ2v) is 7.02. The molecule has 3 aromatic rings. The Balaban J connectivity index is 1.66. The summed E-state index contributed by atoms with van der Waals surface area (Å²) in [6.07, 6.45) is 6.24. The molecule has 1 unspecified atom stereocenters. The van der Waals surface area contributed by atoms with Gasteiger partial charge in [-0.25, -0.2) is 14.5 Å². The number of amides is 1. The minimum atomic E-state index is -0.272. The van der Waals surface area contributed by atoms with Gasteiger partial charge in [-0.15, -0.1) is 5.10 Å². The van der Waals surface area contributed by atoms with Gasteiger partial charge in [-0.2, -0.15) is 0 Å². The van der Waals surface area contributed by atoms with Crippen molar-refractivity contribution < 1.29 is 9.53 Å². The van der Waals surface area contributed by atoms with Gasteiger partial charge < -0.3 is 20.7 Å². The Labute approximate surface area is 161 Å². The van der Waals surface area contributed by atoms with Crippen LogP contribution in [0.2, 0.25) is 0 Å². The summed E-state index contributed by atoms with van der Waals surface area (Å²) in [4.78, 5) is 24.1. The van der Waals surface area contributed by atoms with Gasteiger partial charge in [0.2, 0.25) is 5.88 Å². The molecule has 9 heteroatoms. The molecule has 0 saturated carbocycles. The topological polar surface area (TPSA) is 111 Å². The van der Waals surface area contributed by atoms with Gasteiger partial charge in [-0.3, -0.25) is 4.79 Å². The average molecular weight is 379 g/mol. The highest BCUT2D eigenvalue weighted by atomic mass is 16.5. The van der Waals surface area contributed by atoms with Gasteiger partial charge in [0, 0.05) is 31.0 Å². The van der Waals surface area contributed by atoms with E-state index < -0.39 is 0 Å². The van der Waals surface area contributed by atoms with E-state index in [0.29, 0.717) is 36.7 Å². The van der Waals surface area contributed by atoms with Crippen molar-refractivity contribution in [1.82, 2.24) is 24.9 Å². The first-order chi connectivity index (χ1) is 13.7. The minimum absolute atomic E-state index is 0.124. The molecule has 3 N–H and O–H groups in total. The molecule has 144 valence electrons. The van der Waals surface area contributed by atoms with Crippen LogP contribution in [0.4, 0.5) is 11.6 Å². The fourth-order valence-electron chi connectivity index (χ4n) is 3.99. The molecule has 0 spiro atoms.